The molecule has 2 saturated carbocycles. The van der Waals surface area contributed by atoms with Crippen LogP contribution >= 0.6 is 11.3 Å². The third kappa shape index (κ3) is 7.79. The van der Waals surface area contributed by atoms with E-state index in [1.165, 1.54) is 11.3 Å². The Morgan fingerprint density at radius 1 is 1.14 bits per heavy atom. The minimum absolute atomic E-state index is 0.131. The summed E-state index contributed by atoms with van der Waals surface area (Å²) in [4.78, 5) is 57.1. The van der Waals surface area contributed by atoms with Crippen molar-refractivity contribution < 1.29 is 28.6 Å². The van der Waals surface area contributed by atoms with E-state index in [0.29, 0.717) is 52.8 Å². The number of carbonyl (C=O) groups excluding carboxylic acids is 3. The van der Waals surface area contributed by atoms with Crippen molar-refractivity contribution in [1.82, 2.24) is 25.2 Å². The molecule has 0 radical (unpaired) electrons. The first-order valence-electron chi connectivity index (χ1n) is 17.0. The fourth-order valence-corrected chi connectivity index (χ4v) is 7.37. The van der Waals surface area contributed by atoms with Crippen LogP contribution in [0.1, 0.15) is 70.9 Å². The third-order valence-electron chi connectivity index (χ3n) is 9.44. The Kier molecular flexibility index (Phi) is 11.4. The Bertz CT molecular complexity index is 1710. The van der Waals surface area contributed by atoms with Gasteiger partial charge in [0.1, 0.15) is 17.4 Å². The van der Waals surface area contributed by atoms with Crippen LogP contribution in [0.15, 0.2) is 48.9 Å². The predicted octanol–water partition coefficient (Wildman–Crippen LogP) is 6.10. The van der Waals surface area contributed by atoms with Crippen LogP contribution < -0.4 is 14.8 Å². The SMILES string of the molecule is C=CCCCCN(C)C(=O)[C@@H]1C[C@H](Oc2nc(-c3nc(C(C)C)cs3)nc3cc(OC)ccc23)C[C@H]1C(=O)N[C@]1(C(=O)OCC)C[C@H]1C=C. The summed E-state index contributed by atoms with van der Waals surface area (Å²) in [5.74, 6) is -0.966. The van der Waals surface area contributed by atoms with E-state index >= 15 is 0 Å². The van der Waals surface area contributed by atoms with Crippen molar-refractivity contribution in [2.45, 2.75) is 76.9 Å². The third-order valence-corrected chi connectivity index (χ3v) is 10.3. The zero-order valence-corrected chi connectivity index (χ0v) is 29.9. The summed E-state index contributed by atoms with van der Waals surface area (Å²) < 4.78 is 17.4. The Balaban J connectivity index is 1.45. The van der Waals surface area contributed by atoms with Crippen molar-refractivity contribution in [3.05, 3.63) is 54.6 Å². The molecule has 2 amide bonds. The number of amides is 2. The van der Waals surface area contributed by atoms with Crippen molar-refractivity contribution in [2.75, 3.05) is 27.3 Å². The molecule has 12 heteroatoms. The molecule has 2 heterocycles. The van der Waals surface area contributed by atoms with E-state index in [2.05, 4.69) is 32.3 Å². The van der Waals surface area contributed by atoms with Crippen LogP contribution in [0.3, 0.4) is 0 Å². The van der Waals surface area contributed by atoms with E-state index in [1.807, 2.05) is 29.7 Å². The summed E-state index contributed by atoms with van der Waals surface area (Å²) in [5.41, 5.74) is 0.406. The largest absolute Gasteiger partial charge is 0.497 e. The lowest BCUT2D eigenvalue weighted by molar-refractivity contribution is -0.150. The van der Waals surface area contributed by atoms with Gasteiger partial charge in [0.25, 0.3) is 0 Å². The van der Waals surface area contributed by atoms with E-state index < -0.39 is 29.4 Å². The predicted molar refractivity (Wildman–Crippen MR) is 189 cm³/mol. The van der Waals surface area contributed by atoms with E-state index in [9.17, 15) is 14.4 Å². The molecule has 1 N–H and O–H groups in total. The molecule has 0 spiro atoms. The molecule has 3 aromatic rings. The van der Waals surface area contributed by atoms with Gasteiger partial charge in [-0.2, -0.15) is 4.98 Å². The number of hydrogen-bond donors (Lipinski definition) is 1. The molecular formula is C37H47N5O6S. The van der Waals surface area contributed by atoms with Crippen LogP contribution in [0, 0.1) is 17.8 Å². The molecule has 0 unspecified atom stereocenters. The van der Waals surface area contributed by atoms with Crippen molar-refractivity contribution in [3.63, 3.8) is 0 Å². The summed E-state index contributed by atoms with van der Waals surface area (Å²) in [7, 11) is 3.36. The highest BCUT2D eigenvalue weighted by Crippen LogP contribution is 2.47. The molecule has 2 fully saturated rings. The van der Waals surface area contributed by atoms with Crippen molar-refractivity contribution in [1.29, 1.82) is 0 Å². The van der Waals surface area contributed by atoms with Crippen LogP contribution in [-0.4, -0.2) is 76.6 Å². The van der Waals surface area contributed by atoms with Crippen molar-refractivity contribution in [3.8, 4) is 22.5 Å². The molecule has 1 aromatic carbocycles. The number of carbonyl (C=O) groups is 3. The number of thiazole rings is 1. The quantitative estimate of drug-likeness (QED) is 0.108. The van der Waals surface area contributed by atoms with Gasteiger partial charge in [-0.3, -0.25) is 9.59 Å². The molecule has 5 rings (SSSR count). The van der Waals surface area contributed by atoms with Gasteiger partial charge >= 0.3 is 5.97 Å². The van der Waals surface area contributed by atoms with Gasteiger partial charge in [-0.15, -0.1) is 24.5 Å². The highest BCUT2D eigenvalue weighted by atomic mass is 32.1. The summed E-state index contributed by atoms with van der Waals surface area (Å²) in [6.45, 7) is 14.3. The summed E-state index contributed by atoms with van der Waals surface area (Å²) >= 11 is 1.46. The van der Waals surface area contributed by atoms with Gasteiger partial charge in [0.2, 0.25) is 17.7 Å². The van der Waals surface area contributed by atoms with E-state index in [0.717, 1.165) is 25.0 Å². The van der Waals surface area contributed by atoms with Crippen LogP contribution in [0.4, 0.5) is 0 Å². The number of esters is 1. The van der Waals surface area contributed by atoms with E-state index in [-0.39, 0.29) is 36.7 Å². The van der Waals surface area contributed by atoms with Crippen LogP contribution in [0.5, 0.6) is 11.6 Å². The number of unbranched alkanes of at least 4 members (excludes halogenated alkanes) is 2. The maximum atomic E-state index is 14.0. The van der Waals surface area contributed by atoms with Crippen molar-refractivity contribution in [2.24, 2.45) is 17.8 Å². The molecule has 0 saturated heterocycles. The topological polar surface area (TPSA) is 133 Å². The maximum Gasteiger partial charge on any atom is 0.332 e. The van der Waals surface area contributed by atoms with Gasteiger partial charge in [0.15, 0.2) is 10.8 Å². The highest BCUT2D eigenvalue weighted by Gasteiger charge is 2.62. The number of fused-ring (bicyclic) bond motifs is 1. The molecule has 2 aliphatic rings. The lowest BCUT2D eigenvalue weighted by Crippen LogP contribution is -2.50. The number of benzene rings is 1. The van der Waals surface area contributed by atoms with Gasteiger partial charge in [-0.25, -0.2) is 14.8 Å². The number of allylic oxidation sites excluding steroid dienone is 1. The average Bonchev–Trinajstić information content (AvgIpc) is 3.38. The zero-order chi connectivity index (χ0) is 35.3. The number of nitrogens with zero attached hydrogens (tertiary/aromatic N) is 4. The Labute approximate surface area is 292 Å². The van der Waals surface area contributed by atoms with Gasteiger partial charge < -0.3 is 24.4 Å². The molecule has 5 atom stereocenters. The normalized spacial score (nSPS) is 22.8. The minimum atomic E-state index is -1.17. The molecule has 262 valence electrons. The number of ether oxygens (including phenoxy) is 3. The standard InChI is InChI=1S/C37H47N5O6S/c1-8-11-12-13-16-42(6)35(44)28-18-25(17-27(28)32(43)41-37(20-23(37)9-2)36(45)47-10-3)48-33-26-15-14-24(46-7)19-29(26)38-31(40-33)34-39-30(21-49-34)22(4)5/h8-9,14-15,19,21-23,25,27-28H,1-2,10-13,16-18,20H2,3-7H3,(H,41,43)/t23-,25-,27-,28-,37-/m1/s1. The Hall–Kier alpha value is -4.32. The molecule has 11 nitrogen and oxygen atoms in total. The summed E-state index contributed by atoms with van der Waals surface area (Å²) in [6.07, 6.45) is 6.59. The molecule has 2 aromatic heterocycles. The van der Waals surface area contributed by atoms with Crippen molar-refractivity contribution >= 4 is 40.0 Å². The summed E-state index contributed by atoms with van der Waals surface area (Å²) in [6, 6.07) is 5.49. The molecule has 0 aliphatic heterocycles. The fourth-order valence-electron chi connectivity index (χ4n) is 6.46. The first kappa shape index (κ1) is 36.0. The average molecular weight is 690 g/mol. The minimum Gasteiger partial charge on any atom is -0.497 e. The van der Waals surface area contributed by atoms with Crippen LogP contribution in [0.2, 0.25) is 0 Å². The molecule has 0 bridgehead atoms. The molecular weight excluding hydrogens is 643 g/mol. The maximum absolute atomic E-state index is 14.0. The second-order valence-electron chi connectivity index (χ2n) is 13.2. The number of hydrogen-bond acceptors (Lipinski definition) is 10. The fraction of sp³-hybridized carbons (Fsp3) is 0.514. The monoisotopic (exact) mass is 689 g/mol. The van der Waals surface area contributed by atoms with E-state index in [1.54, 1.807) is 32.1 Å². The highest BCUT2D eigenvalue weighted by molar-refractivity contribution is 7.13. The second-order valence-corrected chi connectivity index (χ2v) is 14.0. The first-order chi connectivity index (χ1) is 23.5. The van der Waals surface area contributed by atoms with Gasteiger partial charge in [0.05, 0.1) is 42.1 Å². The van der Waals surface area contributed by atoms with Gasteiger partial charge in [-0.1, -0.05) is 26.0 Å². The number of methoxy groups -OCH3 is 1. The number of aromatic nitrogens is 3. The van der Waals surface area contributed by atoms with Crippen LogP contribution in [0.25, 0.3) is 21.7 Å². The lowest BCUT2D eigenvalue weighted by atomic mass is 9.93. The molecule has 49 heavy (non-hydrogen) atoms. The number of rotatable bonds is 16. The Morgan fingerprint density at radius 2 is 1.92 bits per heavy atom. The second kappa shape index (κ2) is 15.5. The Morgan fingerprint density at radius 3 is 2.57 bits per heavy atom. The van der Waals surface area contributed by atoms with Gasteiger partial charge in [-0.05, 0) is 63.5 Å². The molecule has 2 aliphatic carbocycles. The first-order valence-corrected chi connectivity index (χ1v) is 17.9. The summed E-state index contributed by atoms with van der Waals surface area (Å²) in [5, 5.41) is 6.32. The smallest absolute Gasteiger partial charge is 0.332 e. The van der Waals surface area contributed by atoms with Gasteiger partial charge in [0, 0.05) is 31.0 Å². The number of nitrogens with one attached hydrogen (secondary N) is 1. The van der Waals surface area contributed by atoms with E-state index in [4.69, 9.17) is 29.2 Å². The zero-order valence-electron chi connectivity index (χ0n) is 29.1. The lowest BCUT2D eigenvalue weighted by Gasteiger charge is -2.26. The van der Waals surface area contributed by atoms with Crippen LogP contribution in [-0.2, 0) is 19.1 Å².